The van der Waals surface area contributed by atoms with Crippen molar-refractivity contribution in [1.82, 2.24) is 0 Å². The molecule has 0 aromatic heterocycles. The summed E-state index contributed by atoms with van der Waals surface area (Å²) in [5, 5.41) is 9.86. The van der Waals surface area contributed by atoms with Gasteiger partial charge in [0, 0.05) is 12.8 Å². The molecule has 12 heteroatoms. The van der Waals surface area contributed by atoms with Gasteiger partial charge in [-0.15, -0.1) is 0 Å². The van der Waals surface area contributed by atoms with Crippen LogP contribution in [0.3, 0.4) is 0 Å². The topological polar surface area (TPSA) is 170 Å². The second kappa shape index (κ2) is 17.1. The van der Waals surface area contributed by atoms with Crippen LogP contribution in [0.4, 0.5) is 14.4 Å². The lowest BCUT2D eigenvalue weighted by Gasteiger charge is -2.28. The molecule has 214 valence electrons. The molecule has 0 bridgehead atoms. The van der Waals surface area contributed by atoms with Crippen molar-refractivity contribution in [3.63, 3.8) is 0 Å². The van der Waals surface area contributed by atoms with E-state index in [4.69, 9.17) is 34.2 Å². The third-order valence-corrected chi connectivity index (χ3v) is 5.11. The first-order valence-corrected chi connectivity index (χ1v) is 12.7. The van der Waals surface area contributed by atoms with Crippen molar-refractivity contribution in [3.05, 3.63) is 23.8 Å². The Morgan fingerprint density at radius 3 is 1.97 bits per heavy atom. The highest BCUT2D eigenvalue weighted by Gasteiger charge is 2.37. The van der Waals surface area contributed by atoms with E-state index >= 15 is 0 Å². The van der Waals surface area contributed by atoms with Gasteiger partial charge in [-0.1, -0.05) is 39.7 Å². The van der Waals surface area contributed by atoms with E-state index in [9.17, 15) is 24.3 Å². The van der Waals surface area contributed by atoms with Crippen LogP contribution in [0.2, 0.25) is 0 Å². The minimum Gasteiger partial charge on any atom is -0.480 e. The van der Waals surface area contributed by atoms with E-state index in [1.54, 1.807) is 6.92 Å². The predicted molar refractivity (Wildman–Crippen MR) is 135 cm³/mol. The maximum atomic E-state index is 12.1. The molecule has 0 aliphatic heterocycles. The number of unbranched alkanes of at least 4 members (excludes halogenated alkanes) is 2. The highest BCUT2D eigenvalue weighted by atomic mass is 16.7. The summed E-state index contributed by atoms with van der Waals surface area (Å²) in [4.78, 5) is 48.0. The number of carboxylic acids is 1. The number of hydrogen-bond donors (Lipinski definition) is 2. The average molecular weight is 542 g/mol. The zero-order valence-corrected chi connectivity index (χ0v) is 22.5. The van der Waals surface area contributed by atoms with Gasteiger partial charge < -0.3 is 39.3 Å². The molecule has 0 aliphatic carbocycles. The van der Waals surface area contributed by atoms with Crippen molar-refractivity contribution in [1.29, 1.82) is 0 Å². The number of rotatable bonds is 16. The first kappa shape index (κ1) is 32.5. The van der Waals surface area contributed by atoms with Crippen LogP contribution in [-0.4, -0.2) is 61.0 Å². The van der Waals surface area contributed by atoms with Crippen molar-refractivity contribution in [2.45, 2.75) is 84.3 Å². The lowest BCUT2D eigenvalue weighted by atomic mass is 9.86. The fourth-order valence-corrected chi connectivity index (χ4v) is 3.30. The van der Waals surface area contributed by atoms with Crippen molar-refractivity contribution < 1.29 is 52.7 Å². The molecule has 1 unspecified atom stereocenters. The molecular weight excluding hydrogens is 502 g/mol. The predicted octanol–water partition coefficient (Wildman–Crippen LogP) is 4.98. The Bertz CT molecular complexity index is 920. The van der Waals surface area contributed by atoms with Gasteiger partial charge in [-0.3, -0.25) is 4.79 Å². The SMILES string of the molecule is CCCCCOC(=O)O[C@@H](C)CC(N)(Cc1ccc(OC(=O)OCCC)c(OC(=O)OCCC)c1)C(=O)O. The number of hydrogen-bond acceptors (Lipinski definition) is 11. The smallest absolute Gasteiger partial charge is 0.480 e. The summed E-state index contributed by atoms with van der Waals surface area (Å²) < 4.78 is 30.3. The van der Waals surface area contributed by atoms with Gasteiger partial charge in [0.1, 0.15) is 11.6 Å². The summed E-state index contributed by atoms with van der Waals surface area (Å²) in [7, 11) is 0. The summed E-state index contributed by atoms with van der Waals surface area (Å²) in [6, 6.07) is 4.10. The minimum atomic E-state index is -1.86. The number of carboxylic acid groups (broad SMARTS) is 1. The third kappa shape index (κ3) is 12.1. The van der Waals surface area contributed by atoms with E-state index in [2.05, 4.69) is 0 Å². The maximum absolute atomic E-state index is 12.1. The molecule has 1 rings (SSSR count). The fraction of sp³-hybridized carbons (Fsp3) is 0.615. The number of benzene rings is 1. The largest absolute Gasteiger partial charge is 0.513 e. The normalized spacial score (nSPS) is 13.0. The van der Waals surface area contributed by atoms with Gasteiger partial charge >= 0.3 is 24.4 Å². The maximum Gasteiger partial charge on any atom is 0.513 e. The van der Waals surface area contributed by atoms with Crippen molar-refractivity contribution in [3.8, 4) is 11.5 Å². The quantitative estimate of drug-likeness (QED) is 0.125. The second-order valence-corrected chi connectivity index (χ2v) is 8.76. The molecule has 0 radical (unpaired) electrons. The van der Waals surface area contributed by atoms with Crippen LogP contribution in [0.1, 0.15) is 71.8 Å². The molecule has 1 aromatic carbocycles. The highest BCUT2D eigenvalue weighted by Crippen LogP contribution is 2.31. The van der Waals surface area contributed by atoms with Gasteiger partial charge in [-0.05, 0) is 43.9 Å². The lowest BCUT2D eigenvalue weighted by molar-refractivity contribution is -0.144. The Morgan fingerprint density at radius 1 is 0.842 bits per heavy atom. The molecule has 12 nitrogen and oxygen atoms in total. The van der Waals surface area contributed by atoms with Crippen LogP contribution in [0.15, 0.2) is 18.2 Å². The van der Waals surface area contributed by atoms with E-state index < -0.39 is 36.1 Å². The van der Waals surface area contributed by atoms with Gasteiger partial charge in [0.05, 0.1) is 19.8 Å². The molecule has 2 atom stereocenters. The number of ether oxygens (including phenoxy) is 6. The number of nitrogens with two attached hydrogens (primary N) is 1. The van der Waals surface area contributed by atoms with Crippen molar-refractivity contribution >= 4 is 24.4 Å². The summed E-state index contributed by atoms with van der Waals surface area (Å²) >= 11 is 0. The fourth-order valence-electron chi connectivity index (χ4n) is 3.30. The van der Waals surface area contributed by atoms with Crippen LogP contribution < -0.4 is 15.2 Å². The zero-order chi connectivity index (χ0) is 28.6. The lowest BCUT2D eigenvalue weighted by Crippen LogP contribution is -2.52. The minimum absolute atomic E-state index is 0.108. The molecule has 1 aromatic rings. The van der Waals surface area contributed by atoms with E-state index in [1.165, 1.54) is 25.1 Å². The summed E-state index contributed by atoms with van der Waals surface area (Å²) in [6.45, 7) is 7.58. The Morgan fingerprint density at radius 2 is 1.42 bits per heavy atom. The van der Waals surface area contributed by atoms with E-state index in [0.29, 0.717) is 24.8 Å². The molecule has 0 aliphatic rings. The van der Waals surface area contributed by atoms with Crippen LogP contribution in [0.5, 0.6) is 11.5 Å². The van der Waals surface area contributed by atoms with Gasteiger partial charge in [0.15, 0.2) is 11.5 Å². The van der Waals surface area contributed by atoms with E-state index in [0.717, 1.165) is 12.8 Å². The van der Waals surface area contributed by atoms with Gasteiger partial charge in [0.2, 0.25) is 0 Å². The van der Waals surface area contributed by atoms with Crippen LogP contribution in [0, 0.1) is 0 Å². The monoisotopic (exact) mass is 541 g/mol. The average Bonchev–Trinajstić information content (AvgIpc) is 2.85. The molecule has 0 amide bonds. The standard InChI is InChI=1S/C26H39NO11/c1-5-8-9-14-35-23(30)36-18(4)16-26(27,22(28)29)17-19-10-11-20(37-24(31)33-12-6-2)21(15-19)38-25(32)34-13-7-3/h10-11,15,18H,5-9,12-14,16-17,27H2,1-4H3,(H,28,29)/t18-,26?/m0/s1. The molecule has 0 heterocycles. The van der Waals surface area contributed by atoms with Gasteiger partial charge in [-0.2, -0.15) is 0 Å². The van der Waals surface area contributed by atoms with E-state index in [1.807, 2.05) is 13.8 Å². The Labute approximate surface area is 222 Å². The Hall–Kier alpha value is -3.54. The van der Waals surface area contributed by atoms with Crippen LogP contribution >= 0.6 is 0 Å². The van der Waals surface area contributed by atoms with Crippen molar-refractivity contribution in [2.24, 2.45) is 5.73 Å². The molecule has 0 spiro atoms. The first-order chi connectivity index (χ1) is 18.0. The molecular formula is C26H39NO11. The van der Waals surface area contributed by atoms with Gasteiger partial charge in [0.25, 0.3) is 0 Å². The molecule has 0 saturated carbocycles. The summed E-state index contributed by atoms with van der Waals surface area (Å²) in [5.41, 5.74) is 4.70. The number of carbonyl (C=O) groups is 4. The second-order valence-electron chi connectivity index (χ2n) is 8.76. The molecule has 0 saturated heterocycles. The molecule has 0 fully saturated rings. The Balaban J connectivity index is 3.03. The van der Waals surface area contributed by atoms with Crippen LogP contribution in [0.25, 0.3) is 0 Å². The van der Waals surface area contributed by atoms with Crippen molar-refractivity contribution in [2.75, 3.05) is 19.8 Å². The molecule has 3 N–H and O–H groups in total. The summed E-state index contributed by atoms with van der Waals surface area (Å²) in [5.74, 6) is -1.66. The van der Waals surface area contributed by atoms with E-state index in [-0.39, 0.29) is 44.2 Å². The zero-order valence-electron chi connectivity index (χ0n) is 22.5. The third-order valence-electron chi connectivity index (χ3n) is 5.11. The van der Waals surface area contributed by atoms with Gasteiger partial charge in [-0.25, -0.2) is 14.4 Å². The molecule has 38 heavy (non-hydrogen) atoms. The number of carbonyl (C=O) groups excluding carboxylic acids is 3. The van der Waals surface area contributed by atoms with Crippen LogP contribution in [-0.2, 0) is 30.2 Å². The highest BCUT2D eigenvalue weighted by molar-refractivity contribution is 5.79. The number of aliphatic carboxylic acids is 1. The summed E-state index contributed by atoms with van der Waals surface area (Å²) in [6.07, 6.45) is -0.579. The Kier molecular flexibility index (Phi) is 14.6. The first-order valence-electron chi connectivity index (χ1n) is 12.7.